The molecule has 9 nitrogen and oxygen atoms in total. The van der Waals surface area contributed by atoms with Gasteiger partial charge in [0.1, 0.15) is 5.54 Å². The molecule has 2 fully saturated rings. The summed E-state index contributed by atoms with van der Waals surface area (Å²) in [4.78, 5) is 37.2. The molecule has 1 aromatic heterocycles. The van der Waals surface area contributed by atoms with Gasteiger partial charge in [-0.3, -0.25) is 15.0 Å². The fourth-order valence-electron chi connectivity index (χ4n) is 2.72. The normalized spacial score (nSPS) is 21.5. The largest absolute Gasteiger partial charge is 0.357 e. The number of anilines is 1. The van der Waals surface area contributed by atoms with E-state index in [9.17, 15) is 14.4 Å². The molecule has 4 amide bonds. The number of carbonyl (C=O) groups is 3. The highest BCUT2D eigenvalue weighted by atomic mass is 32.2. The van der Waals surface area contributed by atoms with Crippen LogP contribution in [0.3, 0.4) is 0 Å². The van der Waals surface area contributed by atoms with Crippen LogP contribution >= 0.6 is 23.1 Å². The number of aromatic nitrogens is 2. The summed E-state index contributed by atoms with van der Waals surface area (Å²) < 4.78 is 0.643. The third-order valence-corrected chi connectivity index (χ3v) is 6.40. The fourth-order valence-corrected chi connectivity index (χ4v) is 4.34. The van der Waals surface area contributed by atoms with Crippen LogP contribution in [0.5, 0.6) is 0 Å². The van der Waals surface area contributed by atoms with Crippen molar-refractivity contribution < 1.29 is 14.4 Å². The Morgan fingerprint density at radius 2 is 2.07 bits per heavy atom. The summed E-state index contributed by atoms with van der Waals surface area (Å²) in [6, 6.07) is 8.71. The number of benzene rings is 1. The summed E-state index contributed by atoms with van der Waals surface area (Å²) in [6.45, 7) is 1.61. The number of urea groups is 1. The van der Waals surface area contributed by atoms with Gasteiger partial charge in [-0.15, -0.1) is 10.2 Å². The number of hydrazine groups is 1. The topological polar surface area (TPSA) is 116 Å². The van der Waals surface area contributed by atoms with E-state index in [1.54, 1.807) is 31.2 Å². The number of hydrogen-bond acceptors (Lipinski definition) is 8. The van der Waals surface area contributed by atoms with Crippen LogP contribution in [-0.4, -0.2) is 44.8 Å². The van der Waals surface area contributed by atoms with E-state index in [4.69, 9.17) is 0 Å². The van der Waals surface area contributed by atoms with Crippen molar-refractivity contribution >= 4 is 46.1 Å². The average molecular weight is 419 g/mol. The molecule has 4 rings (SSSR count). The Balaban J connectivity index is 1.34. The van der Waals surface area contributed by atoms with E-state index in [0.29, 0.717) is 15.9 Å². The Kier molecular flexibility index (Phi) is 4.94. The third-order valence-electron chi connectivity index (χ3n) is 4.42. The van der Waals surface area contributed by atoms with Gasteiger partial charge in [0, 0.05) is 6.04 Å². The molecule has 1 aromatic carbocycles. The van der Waals surface area contributed by atoms with E-state index in [0.717, 1.165) is 23.0 Å². The maximum absolute atomic E-state index is 12.8. The van der Waals surface area contributed by atoms with Gasteiger partial charge < -0.3 is 10.6 Å². The number of hydrogen-bond donors (Lipinski definition) is 3. The number of nitrogens with zero attached hydrogens (tertiary/aromatic N) is 3. The molecule has 0 radical (unpaired) electrons. The van der Waals surface area contributed by atoms with E-state index in [2.05, 4.69) is 26.3 Å². The second kappa shape index (κ2) is 7.40. The van der Waals surface area contributed by atoms with Gasteiger partial charge in [0.2, 0.25) is 11.0 Å². The molecule has 28 heavy (non-hydrogen) atoms. The Labute approximate surface area is 169 Å². The van der Waals surface area contributed by atoms with Gasteiger partial charge in [-0.1, -0.05) is 53.4 Å². The molecule has 1 aliphatic heterocycles. The molecule has 3 N–H and O–H groups in total. The molecule has 0 bridgehead atoms. The standard InChI is InChI=1S/C17H18N6O3S2/c1-17(10-5-3-2-4-6-10)13(25)23(15(26)19-17)22-12(24)9-27-16-21-20-14(28-16)18-11-7-8-11/h2-6,11H,7-9H2,1H3,(H,18,20)(H,19,26)(H,22,24)/t17-/m0/s1. The highest BCUT2D eigenvalue weighted by molar-refractivity contribution is 8.01. The van der Waals surface area contributed by atoms with Gasteiger partial charge in [0.05, 0.1) is 5.75 Å². The van der Waals surface area contributed by atoms with Crippen LogP contribution in [0.25, 0.3) is 0 Å². The van der Waals surface area contributed by atoms with Crippen molar-refractivity contribution in [3.05, 3.63) is 35.9 Å². The van der Waals surface area contributed by atoms with Crippen LogP contribution in [0.2, 0.25) is 0 Å². The lowest BCUT2D eigenvalue weighted by molar-refractivity contribution is -0.138. The first-order valence-electron chi connectivity index (χ1n) is 8.70. The first kappa shape index (κ1) is 18.7. The van der Waals surface area contributed by atoms with Crippen LogP contribution in [-0.2, 0) is 15.1 Å². The average Bonchev–Trinajstić information content (AvgIpc) is 3.34. The molecule has 2 aromatic rings. The first-order chi connectivity index (χ1) is 13.5. The number of carbonyl (C=O) groups excluding carboxylic acids is 3. The first-order valence-corrected chi connectivity index (χ1v) is 10.5. The fraction of sp³-hybridized carbons (Fsp3) is 0.353. The lowest BCUT2D eigenvalue weighted by Gasteiger charge is -2.22. The Bertz CT molecular complexity index is 917. The van der Waals surface area contributed by atoms with Gasteiger partial charge in [0.15, 0.2) is 4.34 Å². The van der Waals surface area contributed by atoms with Gasteiger partial charge in [-0.05, 0) is 25.3 Å². The van der Waals surface area contributed by atoms with Crippen LogP contribution in [0.15, 0.2) is 34.7 Å². The second-order valence-electron chi connectivity index (χ2n) is 6.68. The lowest BCUT2D eigenvalue weighted by Crippen LogP contribution is -2.48. The van der Waals surface area contributed by atoms with Crippen molar-refractivity contribution in [2.24, 2.45) is 0 Å². The molecule has 146 valence electrons. The molecule has 2 aliphatic rings. The Morgan fingerprint density at radius 1 is 1.32 bits per heavy atom. The van der Waals surface area contributed by atoms with Crippen molar-refractivity contribution in [2.75, 3.05) is 11.1 Å². The summed E-state index contributed by atoms with van der Waals surface area (Å²) >= 11 is 2.58. The zero-order valence-electron chi connectivity index (χ0n) is 15.0. The number of amides is 4. The summed E-state index contributed by atoms with van der Waals surface area (Å²) in [5, 5.41) is 15.4. The van der Waals surface area contributed by atoms with Crippen LogP contribution in [0, 0.1) is 0 Å². The van der Waals surface area contributed by atoms with Crippen molar-refractivity contribution in [3.63, 3.8) is 0 Å². The number of nitrogens with one attached hydrogen (secondary N) is 3. The molecule has 1 atom stereocenters. The lowest BCUT2D eigenvalue weighted by atomic mass is 9.92. The van der Waals surface area contributed by atoms with E-state index < -0.39 is 23.4 Å². The second-order valence-corrected chi connectivity index (χ2v) is 8.88. The minimum Gasteiger partial charge on any atom is -0.357 e. The van der Waals surface area contributed by atoms with Gasteiger partial charge in [0.25, 0.3) is 5.91 Å². The number of rotatable bonds is 7. The molecule has 2 heterocycles. The van der Waals surface area contributed by atoms with Crippen molar-refractivity contribution in [1.82, 2.24) is 25.9 Å². The third kappa shape index (κ3) is 3.80. The smallest absolute Gasteiger partial charge is 0.344 e. The van der Waals surface area contributed by atoms with Gasteiger partial charge in [-0.25, -0.2) is 4.79 Å². The minimum absolute atomic E-state index is 0.0111. The Hall–Kier alpha value is -2.66. The van der Waals surface area contributed by atoms with Crippen LogP contribution in [0.1, 0.15) is 25.3 Å². The van der Waals surface area contributed by atoms with Crippen molar-refractivity contribution in [3.8, 4) is 0 Å². The predicted molar refractivity (Wildman–Crippen MR) is 105 cm³/mol. The molecule has 1 saturated carbocycles. The number of thioether (sulfide) groups is 1. The monoisotopic (exact) mass is 418 g/mol. The Morgan fingerprint density at radius 3 is 2.79 bits per heavy atom. The van der Waals surface area contributed by atoms with E-state index in [1.165, 1.54) is 23.1 Å². The van der Waals surface area contributed by atoms with E-state index >= 15 is 0 Å². The van der Waals surface area contributed by atoms with E-state index in [-0.39, 0.29) is 5.75 Å². The summed E-state index contributed by atoms with van der Waals surface area (Å²) in [6.07, 6.45) is 2.27. The maximum atomic E-state index is 12.8. The number of imide groups is 1. The molecule has 1 saturated heterocycles. The van der Waals surface area contributed by atoms with Crippen molar-refractivity contribution in [1.29, 1.82) is 0 Å². The van der Waals surface area contributed by atoms with E-state index in [1.807, 2.05) is 6.07 Å². The quantitative estimate of drug-likeness (QED) is 0.463. The summed E-state index contributed by atoms with van der Waals surface area (Å²) in [7, 11) is 0. The maximum Gasteiger partial charge on any atom is 0.344 e. The SMILES string of the molecule is C[C@@]1(c2ccccc2)NC(=O)N(NC(=O)CSc2nnc(NC3CC3)s2)C1=O. The van der Waals surface area contributed by atoms with Crippen molar-refractivity contribution in [2.45, 2.75) is 35.7 Å². The molecule has 11 heteroatoms. The minimum atomic E-state index is -1.22. The summed E-state index contributed by atoms with van der Waals surface area (Å²) in [5.41, 5.74) is 1.80. The zero-order valence-corrected chi connectivity index (χ0v) is 16.6. The highest BCUT2D eigenvalue weighted by Gasteiger charge is 2.49. The van der Waals surface area contributed by atoms with Crippen LogP contribution in [0.4, 0.5) is 9.93 Å². The molecule has 0 unspecified atom stereocenters. The van der Waals surface area contributed by atoms with Crippen LogP contribution < -0.4 is 16.1 Å². The highest BCUT2D eigenvalue weighted by Crippen LogP contribution is 2.30. The van der Waals surface area contributed by atoms with Gasteiger partial charge in [-0.2, -0.15) is 5.01 Å². The molecule has 0 spiro atoms. The molecule has 1 aliphatic carbocycles. The van der Waals surface area contributed by atoms with Gasteiger partial charge >= 0.3 is 6.03 Å². The summed E-state index contributed by atoms with van der Waals surface area (Å²) in [5.74, 6) is -0.997. The predicted octanol–water partition coefficient (Wildman–Crippen LogP) is 1.70. The zero-order chi connectivity index (χ0) is 19.7. The molecular weight excluding hydrogens is 400 g/mol. The molecular formula is C17H18N6O3S2.